The molecule has 1 aromatic heterocycles. The predicted molar refractivity (Wildman–Crippen MR) is 62.7 cm³/mol. The molecule has 2 aromatic rings. The van der Waals surface area contributed by atoms with Gasteiger partial charge < -0.3 is 4.74 Å². The lowest BCUT2D eigenvalue weighted by molar-refractivity contribution is 0.414. The molecule has 0 N–H and O–H groups in total. The van der Waals surface area contributed by atoms with E-state index < -0.39 is 5.82 Å². The first kappa shape index (κ1) is 11.5. The number of hydrogen-bond acceptors (Lipinski definition) is 3. The molecule has 0 aliphatic rings. The first-order valence-corrected chi connectivity index (χ1v) is 5.30. The van der Waals surface area contributed by atoms with Crippen molar-refractivity contribution in [2.24, 2.45) is 0 Å². The zero-order valence-electron chi connectivity index (χ0n) is 9.99. The van der Waals surface area contributed by atoms with Gasteiger partial charge in [-0.05, 0) is 38.0 Å². The summed E-state index contributed by atoms with van der Waals surface area (Å²) in [6, 6.07) is 5.63. The Bertz CT molecular complexity index is 506. The van der Waals surface area contributed by atoms with E-state index in [1.165, 1.54) is 6.33 Å². The van der Waals surface area contributed by atoms with Crippen molar-refractivity contribution in [3.05, 3.63) is 47.2 Å². The molecular weight excluding hydrogens is 219 g/mol. The van der Waals surface area contributed by atoms with Crippen LogP contribution in [-0.2, 0) is 0 Å². The molecule has 0 saturated heterocycles. The molecule has 1 aromatic carbocycles. The summed E-state index contributed by atoms with van der Waals surface area (Å²) in [7, 11) is 0. The quantitative estimate of drug-likeness (QED) is 0.796. The van der Waals surface area contributed by atoms with Crippen molar-refractivity contribution in [3.8, 4) is 11.6 Å². The van der Waals surface area contributed by atoms with Crippen LogP contribution in [0.2, 0.25) is 0 Å². The molecule has 2 rings (SSSR count). The Balaban J connectivity index is 2.38. The smallest absolute Gasteiger partial charge is 0.259 e. The van der Waals surface area contributed by atoms with Gasteiger partial charge in [0, 0.05) is 0 Å². The molecule has 3 nitrogen and oxygen atoms in total. The Morgan fingerprint density at radius 1 is 1.12 bits per heavy atom. The number of benzene rings is 1. The summed E-state index contributed by atoms with van der Waals surface area (Å²) in [6.45, 7) is 5.48. The minimum absolute atomic E-state index is 0.0359. The van der Waals surface area contributed by atoms with Crippen molar-refractivity contribution < 1.29 is 9.13 Å². The largest absolute Gasteiger partial charge is 0.436 e. The maximum atomic E-state index is 13.7. The molecule has 0 amide bonds. The van der Waals surface area contributed by atoms with Crippen LogP contribution in [0.15, 0.2) is 24.5 Å². The lowest BCUT2D eigenvalue weighted by Crippen LogP contribution is -1.98. The van der Waals surface area contributed by atoms with Gasteiger partial charge in [-0.3, -0.25) is 0 Å². The van der Waals surface area contributed by atoms with Gasteiger partial charge in [-0.2, -0.15) is 9.37 Å². The molecule has 0 fully saturated rings. The van der Waals surface area contributed by atoms with Crippen molar-refractivity contribution in [1.29, 1.82) is 0 Å². The minimum Gasteiger partial charge on any atom is -0.436 e. The van der Waals surface area contributed by atoms with E-state index in [1.807, 2.05) is 26.0 Å². The van der Waals surface area contributed by atoms with Gasteiger partial charge in [-0.15, -0.1) is 0 Å². The molecule has 1 heterocycles. The average molecular weight is 232 g/mol. The summed E-state index contributed by atoms with van der Waals surface area (Å²) >= 11 is 0. The van der Waals surface area contributed by atoms with Crippen LogP contribution in [0.25, 0.3) is 0 Å². The number of aromatic nitrogens is 2. The van der Waals surface area contributed by atoms with Gasteiger partial charge in [0.25, 0.3) is 5.88 Å². The topological polar surface area (TPSA) is 35.0 Å². The van der Waals surface area contributed by atoms with Crippen LogP contribution in [0.4, 0.5) is 4.39 Å². The summed E-state index contributed by atoms with van der Waals surface area (Å²) in [5.41, 5.74) is 2.34. The van der Waals surface area contributed by atoms with E-state index in [4.69, 9.17) is 4.74 Å². The zero-order chi connectivity index (χ0) is 12.4. The fourth-order valence-corrected chi connectivity index (χ4v) is 1.45. The first-order valence-electron chi connectivity index (χ1n) is 5.30. The highest BCUT2D eigenvalue weighted by Crippen LogP contribution is 2.27. The van der Waals surface area contributed by atoms with E-state index in [-0.39, 0.29) is 11.6 Å². The third-order valence-corrected chi connectivity index (χ3v) is 2.69. The highest BCUT2D eigenvalue weighted by molar-refractivity contribution is 5.40. The second kappa shape index (κ2) is 4.49. The van der Waals surface area contributed by atoms with E-state index in [9.17, 15) is 4.39 Å². The maximum absolute atomic E-state index is 13.7. The molecule has 0 unspecified atom stereocenters. The normalized spacial score (nSPS) is 10.4. The molecule has 0 saturated carbocycles. The van der Waals surface area contributed by atoms with Crippen LogP contribution in [0.5, 0.6) is 11.6 Å². The van der Waals surface area contributed by atoms with Crippen molar-refractivity contribution in [2.75, 3.05) is 0 Å². The number of nitrogens with zero attached hydrogens (tertiary/aromatic N) is 2. The number of halogens is 1. The second-order valence-corrected chi connectivity index (χ2v) is 3.88. The van der Waals surface area contributed by atoms with Crippen molar-refractivity contribution in [3.63, 3.8) is 0 Å². The molecule has 0 atom stereocenters. The Labute approximate surface area is 99.3 Å². The van der Waals surface area contributed by atoms with Gasteiger partial charge in [-0.1, -0.05) is 12.1 Å². The average Bonchev–Trinajstić information content (AvgIpc) is 2.31. The highest BCUT2D eigenvalue weighted by Gasteiger charge is 2.11. The second-order valence-electron chi connectivity index (χ2n) is 3.88. The summed E-state index contributed by atoms with van der Waals surface area (Å²) in [6.07, 6.45) is 1.29. The highest BCUT2D eigenvalue weighted by atomic mass is 19.1. The van der Waals surface area contributed by atoms with Gasteiger partial charge in [0.05, 0.1) is 5.69 Å². The van der Waals surface area contributed by atoms with E-state index >= 15 is 0 Å². The van der Waals surface area contributed by atoms with E-state index in [1.54, 1.807) is 13.0 Å². The molecule has 0 aliphatic heterocycles. The number of hydrogen-bond donors (Lipinski definition) is 0. The monoisotopic (exact) mass is 232 g/mol. The van der Waals surface area contributed by atoms with Gasteiger partial charge in [-0.25, -0.2) is 4.98 Å². The van der Waals surface area contributed by atoms with Crippen molar-refractivity contribution in [2.45, 2.75) is 20.8 Å². The molecular formula is C13H13FN2O. The van der Waals surface area contributed by atoms with Crippen LogP contribution in [-0.4, -0.2) is 9.97 Å². The summed E-state index contributed by atoms with van der Waals surface area (Å²) in [4.78, 5) is 7.55. The lowest BCUT2D eigenvalue weighted by Gasteiger charge is -2.10. The molecule has 17 heavy (non-hydrogen) atoms. The van der Waals surface area contributed by atoms with Gasteiger partial charge in [0.1, 0.15) is 12.1 Å². The SMILES string of the molecule is Cc1cccc(Oc2ncnc(C)c2F)c1C. The van der Waals surface area contributed by atoms with E-state index in [2.05, 4.69) is 9.97 Å². The summed E-state index contributed by atoms with van der Waals surface area (Å²) in [5, 5.41) is 0. The number of rotatable bonds is 2. The molecule has 0 bridgehead atoms. The van der Waals surface area contributed by atoms with Crippen LogP contribution in [0.3, 0.4) is 0 Å². The van der Waals surface area contributed by atoms with Crippen molar-refractivity contribution in [1.82, 2.24) is 9.97 Å². The van der Waals surface area contributed by atoms with Crippen LogP contribution in [0, 0.1) is 26.6 Å². The fourth-order valence-electron chi connectivity index (χ4n) is 1.45. The van der Waals surface area contributed by atoms with Crippen LogP contribution in [0.1, 0.15) is 16.8 Å². The summed E-state index contributed by atoms with van der Waals surface area (Å²) < 4.78 is 19.1. The number of aryl methyl sites for hydroxylation is 2. The summed E-state index contributed by atoms with van der Waals surface area (Å²) in [5.74, 6) is 0.0570. The molecule has 0 spiro atoms. The lowest BCUT2D eigenvalue weighted by atomic mass is 10.1. The van der Waals surface area contributed by atoms with Crippen LogP contribution < -0.4 is 4.74 Å². The van der Waals surface area contributed by atoms with Crippen LogP contribution >= 0.6 is 0 Å². The third-order valence-electron chi connectivity index (χ3n) is 2.69. The predicted octanol–water partition coefficient (Wildman–Crippen LogP) is 3.33. The Kier molecular flexibility index (Phi) is 3.04. The molecule has 88 valence electrons. The molecule has 0 aliphatic carbocycles. The minimum atomic E-state index is -0.520. The Hall–Kier alpha value is -1.97. The van der Waals surface area contributed by atoms with E-state index in [0.717, 1.165) is 11.1 Å². The van der Waals surface area contributed by atoms with Crippen molar-refractivity contribution >= 4 is 0 Å². The fraction of sp³-hybridized carbons (Fsp3) is 0.231. The van der Waals surface area contributed by atoms with E-state index in [0.29, 0.717) is 5.75 Å². The molecule has 4 heteroatoms. The standard InChI is InChI=1S/C13H13FN2O/c1-8-5-4-6-11(9(8)2)17-13-12(14)10(3)15-7-16-13/h4-7H,1-3H3. The van der Waals surface area contributed by atoms with Gasteiger partial charge in [0.15, 0.2) is 0 Å². The Morgan fingerprint density at radius 2 is 1.88 bits per heavy atom. The number of ether oxygens (including phenoxy) is 1. The molecule has 0 radical (unpaired) electrons. The zero-order valence-corrected chi connectivity index (χ0v) is 9.99. The van der Waals surface area contributed by atoms with Gasteiger partial charge in [0.2, 0.25) is 5.82 Å². The Morgan fingerprint density at radius 3 is 2.65 bits per heavy atom. The third kappa shape index (κ3) is 2.25. The maximum Gasteiger partial charge on any atom is 0.259 e. The van der Waals surface area contributed by atoms with Gasteiger partial charge >= 0.3 is 0 Å². The first-order chi connectivity index (χ1) is 8.09.